The van der Waals surface area contributed by atoms with Crippen LogP contribution in [0.1, 0.15) is 45.1 Å². The molecule has 0 amide bonds. The molecule has 1 saturated carbocycles. The minimum absolute atomic E-state index is 0.152. The Balaban J connectivity index is 1.74. The van der Waals surface area contributed by atoms with Crippen molar-refractivity contribution < 1.29 is 4.39 Å². The molecule has 19 heavy (non-hydrogen) atoms. The highest BCUT2D eigenvalue weighted by Crippen LogP contribution is 2.28. The van der Waals surface area contributed by atoms with E-state index in [1.165, 1.54) is 31.2 Å². The van der Waals surface area contributed by atoms with E-state index < -0.39 is 0 Å². The first-order valence-electron chi connectivity index (χ1n) is 7.63. The van der Waals surface area contributed by atoms with Gasteiger partial charge in [0.2, 0.25) is 0 Å². The van der Waals surface area contributed by atoms with E-state index in [1.807, 2.05) is 12.1 Å². The standard InChI is InChI=1S/C17H26FN/c1-13-5-3-4-6-16(13)12-19-14(2)11-15-7-9-17(18)10-8-15/h7-10,13-14,16,19H,3-6,11-12H2,1-2H3. The lowest BCUT2D eigenvalue weighted by molar-refractivity contribution is 0.242. The summed E-state index contributed by atoms with van der Waals surface area (Å²) in [5, 5.41) is 3.65. The highest BCUT2D eigenvalue weighted by Gasteiger charge is 2.21. The van der Waals surface area contributed by atoms with Crippen LogP contribution < -0.4 is 5.32 Å². The molecule has 1 fully saturated rings. The first-order chi connectivity index (χ1) is 9.15. The molecule has 2 rings (SSSR count). The number of halogens is 1. The highest BCUT2D eigenvalue weighted by molar-refractivity contribution is 5.16. The van der Waals surface area contributed by atoms with Crippen molar-refractivity contribution in [1.29, 1.82) is 0 Å². The van der Waals surface area contributed by atoms with Crippen molar-refractivity contribution in [1.82, 2.24) is 5.32 Å². The molecule has 0 bridgehead atoms. The van der Waals surface area contributed by atoms with Crippen LogP contribution in [0.15, 0.2) is 24.3 Å². The Kier molecular flexibility index (Phi) is 5.38. The first-order valence-corrected chi connectivity index (χ1v) is 7.63. The largest absolute Gasteiger partial charge is 0.314 e. The lowest BCUT2D eigenvalue weighted by Crippen LogP contribution is -2.35. The third-order valence-electron chi connectivity index (χ3n) is 4.47. The molecule has 1 aromatic carbocycles. The summed E-state index contributed by atoms with van der Waals surface area (Å²) in [6.45, 7) is 5.73. The minimum Gasteiger partial charge on any atom is -0.314 e. The number of hydrogen-bond acceptors (Lipinski definition) is 1. The molecule has 106 valence electrons. The van der Waals surface area contributed by atoms with Crippen LogP contribution in [0.25, 0.3) is 0 Å². The van der Waals surface area contributed by atoms with Crippen LogP contribution in [-0.2, 0) is 6.42 Å². The Morgan fingerprint density at radius 1 is 1.21 bits per heavy atom. The lowest BCUT2D eigenvalue weighted by Gasteiger charge is -2.30. The zero-order chi connectivity index (χ0) is 13.7. The van der Waals surface area contributed by atoms with Crippen LogP contribution in [0.4, 0.5) is 4.39 Å². The van der Waals surface area contributed by atoms with Crippen molar-refractivity contribution >= 4 is 0 Å². The SMILES string of the molecule is CC(Cc1ccc(F)cc1)NCC1CCCCC1C. The molecular weight excluding hydrogens is 237 g/mol. The van der Waals surface area contributed by atoms with Crippen LogP contribution in [0.5, 0.6) is 0 Å². The van der Waals surface area contributed by atoms with Gasteiger partial charge in [-0.1, -0.05) is 38.3 Å². The molecule has 3 atom stereocenters. The Bertz CT molecular complexity index is 373. The third kappa shape index (κ3) is 4.61. The first kappa shape index (κ1) is 14.5. The molecule has 0 aliphatic heterocycles. The number of rotatable bonds is 5. The minimum atomic E-state index is -0.152. The predicted molar refractivity (Wildman–Crippen MR) is 78.7 cm³/mol. The Hall–Kier alpha value is -0.890. The van der Waals surface area contributed by atoms with Gasteiger partial charge in [-0.05, 0) is 55.8 Å². The summed E-state index contributed by atoms with van der Waals surface area (Å²) in [4.78, 5) is 0. The van der Waals surface area contributed by atoms with Gasteiger partial charge in [-0.3, -0.25) is 0 Å². The molecule has 0 radical (unpaired) electrons. The van der Waals surface area contributed by atoms with E-state index in [0.29, 0.717) is 6.04 Å². The van der Waals surface area contributed by atoms with Gasteiger partial charge in [0.1, 0.15) is 5.82 Å². The quantitative estimate of drug-likeness (QED) is 0.840. The Labute approximate surface area is 116 Å². The molecule has 1 N–H and O–H groups in total. The van der Waals surface area contributed by atoms with Gasteiger partial charge in [-0.15, -0.1) is 0 Å². The fraction of sp³-hybridized carbons (Fsp3) is 0.647. The second-order valence-corrected chi connectivity index (χ2v) is 6.16. The Morgan fingerprint density at radius 3 is 2.58 bits per heavy atom. The average molecular weight is 263 g/mol. The fourth-order valence-electron chi connectivity index (χ4n) is 3.10. The van der Waals surface area contributed by atoms with E-state index in [1.54, 1.807) is 12.1 Å². The monoisotopic (exact) mass is 263 g/mol. The maximum absolute atomic E-state index is 12.8. The molecule has 2 heteroatoms. The Morgan fingerprint density at radius 2 is 1.89 bits per heavy atom. The van der Waals surface area contributed by atoms with Gasteiger partial charge in [-0.25, -0.2) is 4.39 Å². The van der Waals surface area contributed by atoms with Crippen molar-refractivity contribution in [3.05, 3.63) is 35.6 Å². The van der Waals surface area contributed by atoms with Crippen LogP contribution in [-0.4, -0.2) is 12.6 Å². The topological polar surface area (TPSA) is 12.0 Å². The number of hydrogen-bond donors (Lipinski definition) is 1. The van der Waals surface area contributed by atoms with E-state index in [9.17, 15) is 4.39 Å². The summed E-state index contributed by atoms with van der Waals surface area (Å²) in [5.41, 5.74) is 1.21. The van der Waals surface area contributed by atoms with Gasteiger partial charge in [0.05, 0.1) is 0 Å². The number of nitrogens with one attached hydrogen (secondary N) is 1. The van der Waals surface area contributed by atoms with Crippen molar-refractivity contribution in [3.8, 4) is 0 Å². The average Bonchev–Trinajstić information content (AvgIpc) is 2.40. The van der Waals surface area contributed by atoms with Gasteiger partial charge in [-0.2, -0.15) is 0 Å². The molecule has 1 nitrogen and oxygen atoms in total. The molecule has 0 heterocycles. The van der Waals surface area contributed by atoms with E-state index in [4.69, 9.17) is 0 Å². The maximum atomic E-state index is 12.8. The summed E-state index contributed by atoms with van der Waals surface area (Å²) in [6, 6.07) is 7.32. The van der Waals surface area contributed by atoms with Gasteiger partial charge in [0, 0.05) is 6.04 Å². The van der Waals surface area contributed by atoms with Crippen molar-refractivity contribution in [3.63, 3.8) is 0 Å². The van der Waals surface area contributed by atoms with Crippen molar-refractivity contribution in [2.24, 2.45) is 11.8 Å². The summed E-state index contributed by atoms with van der Waals surface area (Å²) >= 11 is 0. The van der Waals surface area contributed by atoms with Crippen LogP contribution >= 0.6 is 0 Å². The van der Waals surface area contributed by atoms with Crippen LogP contribution in [0.2, 0.25) is 0 Å². The summed E-state index contributed by atoms with van der Waals surface area (Å²) in [7, 11) is 0. The van der Waals surface area contributed by atoms with E-state index in [-0.39, 0.29) is 5.82 Å². The molecule has 1 aliphatic rings. The lowest BCUT2D eigenvalue weighted by atomic mass is 9.80. The molecule has 0 saturated heterocycles. The van der Waals surface area contributed by atoms with Crippen LogP contribution in [0.3, 0.4) is 0 Å². The summed E-state index contributed by atoms with van der Waals surface area (Å²) < 4.78 is 12.8. The van der Waals surface area contributed by atoms with Crippen molar-refractivity contribution in [2.75, 3.05) is 6.54 Å². The molecule has 1 aromatic rings. The van der Waals surface area contributed by atoms with Gasteiger partial charge in [0.15, 0.2) is 0 Å². The molecule has 1 aliphatic carbocycles. The number of benzene rings is 1. The smallest absolute Gasteiger partial charge is 0.123 e. The molecule has 0 spiro atoms. The van der Waals surface area contributed by atoms with E-state index in [0.717, 1.165) is 24.8 Å². The maximum Gasteiger partial charge on any atom is 0.123 e. The second kappa shape index (κ2) is 7.04. The molecule has 3 unspecified atom stereocenters. The normalized spacial score (nSPS) is 25.2. The molecular formula is C17H26FN. The van der Waals surface area contributed by atoms with Gasteiger partial charge < -0.3 is 5.32 Å². The molecule has 0 aromatic heterocycles. The van der Waals surface area contributed by atoms with Gasteiger partial charge >= 0.3 is 0 Å². The van der Waals surface area contributed by atoms with E-state index >= 15 is 0 Å². The third-order valence-corrected chi connectivity index (χ3v) is 4.47. The summed E-state index contributed by atoms with van der Waals surface area (Å²) in [5.74, 6) is 1.55. The fourth-order valence-corrected chi connectivity index (χ4v) is 3.10. The predicted octanol–water partition coefficient (Wildman–Crippen LogP) is 4.17. The van der Waals surface area contributed by atoms with Gasteiger partial charge in [0.25, 0.3) is 0 Å². The van der Waals surface area contributed by atoms with E-state index in [2.05, 4.69) is 19.2 Å². The van der Waals surface area contributed by atoms with Crippen LogP contribution in [0, 0.1) is 17.7 Å². The summed E-state index contributed by atoms with van der Waals surface area (Å²) in [6.07, 6.45) is 6.53. The highest BCUT2D eigenvalue weighted by atomic mass is 19.1. The zero-order valence-corrected chi connectivity index (χ0v) is 12.2. The zero-order valence-electron chi connectivity index (χ0n) is 12.2. The van der Waals surface area contributed by atoms with Crippen molar-refractivity contribution in [2.45, 2.75) is 52.0 Å². The second-order valence-electron chi connectivity index (χ2n) is 6.16.